The van der Waals surface area contributed by atoms with Crippen LogP contribution in [0.2, 0.25) is 0 Å². The average molecular weight is 279 g/mol. The van der Waals surface area contributed by atoms with Crippen LogP contribution in [0.25, 0.3) is 11.0 Å². The van der Waals surface area contributed by atoms with E-state index in [-0.39, 0.29) is 6.04 Å². The predicted molar refractivity (Wildman–Crippen MR) is 87.7 cm³/mol. The molecule has 0 radical (unpaired) electrons. The van der Waals surface area contributed by atoms with Crippen molar-refractivity contribution in [1.82, 2.24) is 5.32 Å². The molecule has 0 bridgehead atoms. The van der Waals surface area contributed by atoms with Gasteiger partial charge >= 0.3 is 0 Å². The molecule has 1 heterocycles. The summed E-state index contributed by atoms with van der Waals surface area (Å²) in [6.45, 7) is 4.30. The molecule has 1 unspecified atom stereocenters. The average Bonchev–Trinajstić information content (AvgIpc) is 2.89. The second-order valence-electron chi connectivity index (χ2n) is 5.37. The summed E-state index contributed by atoms with van der Waals surface area (Å²) in [6.07, 6.45) is 0.897. The first-order valence-corrected chi connectivity index (χ1v) is 7.49. The molecule has 2 aromatic carbocycles. The van der Waals surface area contributed by atoms with Gasteiger partial charge in [0.2, 0.25) is 0 Å². The van der Waals surface area contributed by atoms with E-state index < -0.39 is 0 Å². The molecule has 0 fully saturated rings. The maximum Gasteiger partial charge on any atom is 0.134 e. The molecule has 21 heavy (non-hydrogen) atoms. The standard InChI is InChI=1S/C19H21NO/c1-4-16-18(15-11-7-8-12-17(15)21-16)19(20-3)14-10-6-5-9-13(14)2/h5-12,19-20H,4H2,1-3H3. The Hall–Kier alpha value is -2.06. The Morgan fingerprint density at radius 1 is 1.05 bits per heavy atom. The molecular formula is C19H21NO. The zero-order valence-electron chi connectivity index (χ0n) is 12.8. The number of benzene rings is 2. The van der Waals surface area contributed by atoms with Crippen molar-refractivity contribution in [1.29, 1.82) is 0 Å². The molecule has 2 nitrogen and oxygen atoms in total. The summed E-state index contributed by atoms with van der Waals surface area (Å²) in [4.78, 5) is 0. The van der Waals surface area contributed by atoms with Crippen LogP contribution in [0.15, 0.2) is 52.9 Å². The molecule has 1 aromatic heterocycles. The summed E-state index contributed by atoms with van der Waals surface area (Å²) < 4.78 is 6.05. The van der Waals surface area contributed by atoms with Gasteiger partial charge in [-0.05, 0) is 31.2 Å². The second-order valence-corrected chi connectivity index (χ2v) is 5.37. The van der Waals surface area contributed by atoms with E-state index in [0.717, 1.165) is 17.8 Å². The van der Waals surface area contributed by atoms with Crippen LogP contribution >= 0.6 is 0 Å². The summed E-state index contributed by atoms with van der Waals surface area (Å²) in [5.41, 5.74) is 4.84. The van der Waals surface area contributed by atoms with Crippen LogP contribution in [0.3, 0.4) is 0 Å². The molecule has 0 aliphatic rings. The maximum absolute atomic E-state index is 6.05. The Morgan fingerprint density at radius 2 is 1.76 bits per heavy atom. The number of nitrogens with one attached hydrogen (secondary N) is 1. The van der Waals surface area contributed by atoms with Gasteiger partial charge in [0.15, 0.2) is 0 Å². The first kappa shape index (κ1) is 13.9. The van der Waals surface area contributed by atoms with Gasteiger partial charge in [-0.1, -0.05) is 49.4 Å². The Labute approximate surface area is 125 Å². The highest BCUT2D eigenvalue weighted by Crippen LogP contribution is 2.35. The van der Waals surface area contributed by atoms with Crippen molar-refractivity contribution in [2.24, 2.45) is 0 Å². The van der Waals surface area contributed by atoms with Gasteiger partial charge in [0, 0.05) is 17.4 Å². The summed E-state index contributed by atoms with van der Waals surface area (Å²) in [5.74, 6) is 1.07. The third kappa shape index (κ3) is 2.36. The molecule has 2 heteroatoms. The largest absolute Gasteiger partial charge is 0.461 e. The topological polar surface area (TPSA) is 25.2 Å². The summed E-state index contributed by atoms with van der Waals surface area (Å²) >= 11 is 0. The number of hydrogen-bond donors (Lipinski definition) is 1. The van der Waals surface area contributed by atoms with Gasteiger partial charge in [0.25, 0.3) is 0 Å². The van der Waals surface area contributed by atoms with Crippen molar-refractivity contribution in [2.45, 2.75) is 26.3 Å². The normalized spacial score (nSPS) is 12.7. The molecule has 0 aliphatic carbocycles. The van der Waals surface area contributed by atoms with E-state index in [9.17, 15) is 0 Å². The van der Waals surface area contributed by atoms with Crippen LogP contribution in [-0.2, 0) is 6.42 Å². The molecule has 108 valence electrons. The number of fused-ring (bicyclic) bond motifs is 1. The van der Waals surface area contributed by atoms with Crippen molar-refractivity contribution in [3.8, 4) is 0 Å². The van der Waals surface area contributed by atoms with Gasteiger partial charge in [-0.3, -0.25) is 0 Å². The van der Waals surface area contributed by atoms with Crippen molar-refractivity contribution < 1.29 is 4.42 Å². The van der Waals surface area contributed by atoms with Gasteiger partial charge in [0.05, 0.1) is 6.04 Å². The first-order valence-electron chi connectivity index (χ1n) is 7.49. The van der Waals surface area contributed by atoms with Gasteiger partial charge in [-0.15, -0.1) is 0 Å². The van der Waals surface area contributed by atoms with Gasteiger partial charge in [-0.25, -0.2) is 0 Å². The van der Waals surface area contributed by atoms with Crippen LogP contribution in [0.5, 0.6) is 0 Å². The highest BCUT2D eigenvalue weighted by Gasteiger charge is 2.22. The fourth-order valence-electron chi connectivity index (χ4n) is 3.06. The van der Waals surface area contributed by atoms with E-state index in [1.54, 1.807) is 0 Å². The molecule has 0 amide bonds. The fraction of sp³-hybridized carbons (Fsp3) is 0.263. The summed E-state index contributed by atoms with van der Waals surface area (Å²) in [5, 5.41) is 4.67. The predicted octanol–water partition coefficient (Wildman–Crippen LogP) is 4.61. The van der Waals surface area contributed by atoms with Crippen molar-refractivity contribution in [3.63, 3.8) is 0 Å². The monoisotopic (exact) mass is 279 g/mol. The zero-order valence-corrected chi connectivity index (χ0v) is 12.8. The van der Waals surface area contributed by atoms with Crippen LogP contribution < -0.4 is 5.32 Å². The third-order valence-corrected chi connectivity index (χ3v) is 4.11. The number of rotatable bonds is 4. The highest BCUT2D eigenvalue weighted by atomic mass is 16.3. The molecule has 3 aromatic rings. The van der Waals surface area contributed by atoms with Crippen molar-refractivity contribution in [3.05, 3.63) is 71.0 Å². The Kier molecular flexibility index (Phi) is 3.80. The Bertz CT molecular complexity index is 757. The minimum Gasteiger partial charge on any atom is -0.461 e. The van der Waals surface area contributed by atoms with E-state index in [0.29, 0.717) is 0 Å². The molecule has 1 atom stereocenters. The van der Waals surface area contributed by atoms with Crippen LogP contribution in [0.4, 0.5) is 0 Å². The van der Waals surface area contributed by atoms with Gasteiger partial charge in [0.1, 0.15) is 11.3 Å². The molecule has 0 spiro atoms. The molecule has 0 saturated heterocycles. The van der Waals surface area contributed by atoms with Crippen molar-refractivity contribution >= 4 is 11.0 Å². The Balaban J connectivity index is 2.24. The maximum atomic E-state index is 6.05. The number of para-hydroxylation sites is 1. The van der Waals surface area contributed by atoms with E-state index in [1.165, 1.54) is 22.1 Å². The zero-order chi connectivity index (χ0) is 14.8. The first-order chi connectivity index (χ1) is 10.3. The van der Waals surface area contributed by atoms with Gasteiger partial charge in [-0.2, -0.15) is 0 Å². The molecule has 3 rings (SSSR count). The number of furan rings is 1. The smallest absolute Gasteiger partial charge is 0.134 e. The van der Waals surface area contributed by atoms with Gasteiger partial charge < -0.3 is 9.73 Å². The summed E-state index contributed by atoms with van der Waals surface area (Å²) in [7, 11) is 2.01. The lowest BCUT2D eigenvalue weighted by molar-refractivity contribution is 0.539. The molecule has 1 N–H and O–H groups in total. The quantitative estimate of drug-likeness (QED) is 0.754. The summed E-state index contributed by atoms with van der Waals surface area (Å²) in [6, 6.07) is 17.0. The lowest BCUT2D eigenvalue weighted by Crippen LogP contribution is -2.19. The fourth-order valence-corrected chi connectivity index (χ4v) is 3.06. The van der Waals surface area contributed by atoms with E-state index >= 15 is 0 Å². The lowest BCUT2D eigenvalue weighted by atomic mass is 9.92. The second kappa shape index (κ2) is 5.74. The highest BCUT2D eigenvalue weighted by molar-refractivity contribution is 5.83. The van der Waals surface area contributed by atoms with E-state index in [2.05, 4.69) is 55.6 Å². The van der Waals surface area contributed by atoms with Crippen LogP contribution in [-0.4, -0.2) is 7.05 Å². The number of aryl methyl sites for hydroxylation is 2. The minimum atomic E-state index is 0.157. The number of hydrogen-bond acceptors (Lipinski definition) is 2. The minimum absolute atomic E-state index is 0.157. The molecular weight excluding hydrogens is 258 g/mol. The van der Waals surface area contributed by atoms with Crippen LogP contribution in [0, 0.1) is 6.92 Å². The van der Waals surface area contributed by atoms with Crippen molar-refractivity contribution in [2.75, 3.05) is 7.05 Å². The Morgan fingerprint density at radius 3 is 2.48 bits per heavy atom. The lowest BCUT2D eigenvalue weighted by Gasteiger charge is -2.19. The van der Waals surface area contributed by atoms with E-state index in [1.807, 2.05) is 19.2 Å². The van der Waals surface area contributed by atoms with Crippen LogP contribution in [0.1, 0.15) is 35.4 Å². The SMILES string of the molecule is CCc1oc2ccccc2c1C(NC)c1ccccc1C. The molecule has 0 aliphatic heterocycles. The third-order valence-electron chi connectivity index (χ3n) is 4.11. The van der Waals surface area contributed by atoms with E-state index in [4.69, 9.17) is 4.42 Å². The molecule has 0 saturated carbocycles.